The van der Waals surface area contributed by atoms with Crippen molar-refractivity contribution in [2.45, 2.75) is 116 Å². The van der Waals surface area contributed by atoms with E-state index in [1.165, 1.54) is 60.3 Å². The van der Waals surface area contributed by atoms with Gasteiger partial charge in [0, 0.05) is 43.3 Å². The average molecular weight is 642 g/mol. The maximum atomic E-state index is 4.79. The highest BCUT2D eigenvalue weighted by Gasteiger charge is 2.21. The fourth-order valence-electron chi connectivity index (χ4n) is 4.89. The normalized spacial score (nSPS) is 13.5. The van der Waals surface area contributed by atoms with E-state index in [-0.39, 0.29) is 0 Å². The van der Waals surface area contributed by atoms with Crippen LogP contribution in [0.1, 0.15) is 119 Å². The Bertz CT molecular complexity index is 1200. The molecule has 1 atom stereocenters. The third-order valence-electron chi connectivity index (χ3n) is 7.58. The molecule has 1 unspecified atom stereocenters. The molecule has 1 aliphatic heterocycles. The summed E-state index contributed by atoms with van der Waals surface area (Å²) in [4.78, 5) is 11.4. The standard InChI is InChI=1S/C18H24N2.C18H27N.3C2H6.C2H2/c1-13(2)11-18(17-10-8-7-9-14(17)3)20-16(5)15(4)12-19-6;1-4-17-10-12-19(13-11-17)16(3)15(2)14-18-8-6-5-7-9-18;4*1-2/h7-12H,1-6H3;5-9,15,17H,3-4,10-14H2,1-2H3;3*1-2H3;1-2H/b16-15+,19-12?,20-18?;;;;;. The van der Waals surface area contributed by atoms with Gasteiger partial charge in [-0.3, -0.25) is 9.98 Å². The van der Waals surface area contributed by atoms with Crippen LogP contribution in [0, 0.1) is 31.6 Å². The SMILES string of the molecule is C#C.C=C(C(C)Cc1ccccc1)N1CCC(CC)CC1.CC.CC.CC.CN=C/C(C)=C(\C)N=C(C=C(C)C)c1ccccc1C. The van der Waals surface area contributed by atoms with E-state index in [1.807, 2.05) is 61.6 Å². The minimum atomic E-state index is 0.542. The molecule has 0 radical (unpaired) electrons. The third kappa shape index (κ3) is 20.3. The molecular weight excluding hydrogens is 571 g/mol. The van der Waals surface area contributed by atoms with Gasteiger partial charge in [0.15, 0.2) is 0 Å². The number of nitrogens with zero attached hydrogens (tertiary/aromatic N) is 3. The third-order valence-corrected chi connectivity index (χ3v) is 7.58. The predicted molar refractivity (Wildman–Crippen MR) is 217 cm³/mol. The van der Waals surface area contributed by atoms with Gasteiger partial charge in [-0.15, -0.1) is 12.8 Å². The summed E-state index contributed by atoms with van der Waals surface area (Å²) in [6, 6.07) is 19.1. The van der Waals surface area contributed by atoms with Crippen LogP contribution in [0.15, 0.2) is 99.8 Å². The van der Waals surface area contributed by atoms with Crippen molar-refractivity contribution in [1.29, 1.82) is 0 Å². The van der Waals surface area contributed by atoms with E-state index < -0.39 is 0 Å². The highest BCUT2D eigenvalue weighted by atomic mass is 15.1. The van der Waals surface area contributed by atoms with Gasteiger partial charge in [-0.2, -0.15) is 0 Å². The molecule has 262 valence electrons. The summed E-state index contributed by atoms with van der Waals surface area (Å²) in [7, 11) is 1.78. The lowest BCUT2D eigenvalue weighted by atomic mass is 9.92. The van der Waals surface area contributed by atoms with Gasteiger partial charge in [-0.1, -0.05) is 129 Å². The summed E-state index contributed by atoms with van der Waals surface area (Å²) < 4.78 is 0. The van der Waals surface area contributed by atoms with E-state index in [0.29, 0.717) is 5.92 Å². The van der Waals surface area contributed by atoms with Gasteiger partial charge >= 0.3 is 0 Å². The van der Waals surface area contributed by atoms with Gasteiger partial charge in [-0.25, -0.2) is 0 Å². The number of hydrogen-bond acceptors (Lipinski definition) is 3. The van der Waals surface area contributed by atoms with Crippen molar-refractivity contribution in [3.8, 4) is 12.8 Å². The zero-order chi connectivity index (χ0) is 36.8. The molecule has 1 aliphatic rings. The van der Waals surface area contributed by atoms with Crippen molar-refractivity contribution < 1.29 is 0 Å². The number of terminal acetylenes is 1. The Balaban J connectivity index is -0.000000679. The smallest absolute Gasteiger partial charge is 0.0707 e. The number of piperidine rings is 1. The Morgan fingerprint density at radius 3 is 1.87 bits per heavy atom. The molecule has 0 amide bonds. The van der Waals surface area contributed by atoms with Gasteiger partial charge in [0.25, 0.3) is 0 Å². The summed E-state index contributed by atoms with van der Waals surface area (Å²) in [5, 5.41) is 0. The zero-order valence-electron chi connectivity index (χ0n) is 33.0. The van der Waals surface area contributed by atoms with Gasteiger partial charge in [0.1, 0.15) is 0 Å². The Morgan fingerprint density at radius 1 is 0.894 bits per heavy atom. The number of aliphatic imine (C=N–C) groups is 2. The fraction of sp³-hybridized carbons (Fsp3) is 0.500. The van der Waals surface area contributed by atoms with Crippen LogP contribution in [-0.4, -0.2) is 37.0 Å². The average Bonchev–Trinajstić information content (AvgIpc) is 3.12. The zero-order valence-corrected chi connectivity index (χ0v) is 33.0. The molecule has 3 nitrogen and oxygen atoms in total. The lowest BCUT2D eigenvalue weighted by molar-refractivity contribution is 0.207. The maximum absolute atomic E-state index is 4.79. The highest BCUT2D eigenvalue weighted by Crippen LogP contribution is 2.26. The van der Waals surface area contributed by atoms with E-state index in [2.05, 4.69) is 125 Å². The number of likely N-dealkylation sites (tertiary alicyclic amines) is 1. The summed E-state index contributed by atoms with van der Waals surface area (Å²) in [5.41, 5.74) is 9.48. The first kappa shape index (κ1) is 47.8. The molecule has 0 bridgehead atoms. The highest BCUT2D eigenvalue weighted by molar-refractivity contribution is 6.10. The Kier molecular flexibility index (Phi) is 31.5. The van der Waals surface area contributed by atoms with Crippen LogP contribution < -0.4 is 0 Å². The molecule has 0 aromatic heterocycles. The summed E-state index contributed by atoms with van der Waals surface area (Å²) >= 11 is 0. The molecule has 3 rings (SSSR count). The topological polar surface area (TPSA) is 28.0 Å². The molecule has 2 aromatic carbocycles. The van der Waals surface area contributed by atoms with Crippen molar-refractivity contribution in [3.05, 3.63) is 106 Å². The molecular formula is C44H71N3. The van der Waals surface area contributed by atoms with Gasteiger partial charge in [-0.05, 0) is 88.5 Å². The van der Waals surface area contributed by atoms with Crippen molar-refractivity contribution in [1.82, 2.24) is 4.90 Å². The van der Waals surface area contributed by atoms with Crippen LogP contribution in [0.25, 0.3) is 0 Å². The second-order valence-electron chi connectivity index (χ2n) is 11.1. The molecule has 0 N–H and O–H groups in total. The molecule has 3 heteroatoms. The largest absolute Gasteiger partial charge is 0.375 e. The minimum Gasteiger partial charge on any atom is -0.375 e. The quantitative estimate of drug-likeness (QED) is 0.198. The van der Waals surface area contributed by atoms with Crippen LogP contribution in [0.5, 0.6) is 0 Å². The molecule has 0 saturated carbocycles. The van der Waals surface area contributed by atoms with Crippen LogP contribution >= 0.6 is 0 Å². The van der Waals surface area contributed by atoms with E-state index >= 15 is 0 Å². The summed E-state index contributed by atoms with van der Waals surface area (Å²) in [6.45, 7) is 33.7. The van der Waals surface area contributed by atoms with Crippen LogP contribution in [0.3, 0.4) is 0 Å². The van der Waals surface area contributed by atoms with Crippen molar-refractivity contribution in [2.24, 2.45) is 21.8 Å². The molecule has 47 heavy (non-hydrogen) atoms. The fourth-order valence-corrected chi connectivity index (χ4v) is 4.89. The monoisotopic (exact) mass is 642 g/mol. The Labute approximate surface area is 293 Å². The Hall–Kier alpha value is -3.64. The van der Waals surface area contributed by atoms with Crippen molar-refractivity contribution >= 4 is 11.9 Å². The molecule has 2 aromatic rings. The van der Waals surface area contributed by atoms with Gasteiger partial charge < -0.3 is 4.90 Å². The van der Waals surface area contributed by atoms with Crippen LogP contribution in [0.4, 0.5) is 0 Å². The lowest BCUT2D eigenvalue weighted by Gasteiger charge is -2.36. The first-order valence-electron chi connectivity index (χ1n) is 17.9. The number of hydrogen-bond donors (Lipinski definition) is 0. The summed E-state index contributed by atoms with van der Waals surface area (Å²) in [5.74, 6) is 1.48. The maximum Gasteiger partial charge on any atom is 0.0707 e. The first-order chi connectivity index (χ1) is 22.7. The van der Waals surface area contributed by atoms with Gasteiger partial charge in [0.05, 0.1) is 5.71 Å². The van der Waals surface area contributed by atoms with Crippen LogP contribution in [-0.2, 0) is 6.42 Å². The Morgan fingerprint density at radius 2 is 1.40 bits per heavy atom. The summed E-state index contributed by atoms with van der Waals surface area (Å²) in [6.07, 6.45) is 17.1. The number of rotatable bonds is 9. The predicted octanol–water partition coefficient (Wildman–Crippen LogP) is 12.6. The second-order valence-corrected chi connectivity index (χ2v) is 11.1. The molecule has 1 fully saturated rings. The molecule has 0 aliphatic carbocycles. The van der Waals surface area contributed by atoms with Gasteiger partial charge in [0.2, 0.25) is 0 Å². The van der Waals surface area contributed by atoms with Crippen molar-refractivity contribution in [2.75, 3.05) is 20.1 Å². The number of aryl methyl sites for hydroxylation is 1. The van der Waals surface area contributed by atoms with E-state index in [9.17, 15) is 0 Å². The molecule has 0 spiro atoms. The molecule has 1 saturated heterocycles. The number of allylic oxidation sites excluding steroid dienone is 5. The van der Waals surface area contributed by atoms with E-state index in [0.717, 1.165) is 29.3 Å². The molecule has 1 heterocycles. The second kappa shape index (κ2) is 31.0. The van der Waals surface area contributed by atoms with Crippen LogP contribution in [0.2, 0.25) is 0 Å². The number of benzene rings is 2. The van der Waals surface area contributed by atoms with E-state index in [4.69, 9.17) is 4.99 Å². The van der Waals surface area contributed by atoms with E-state index in [1.54, 1.807) is 7.05 Å². The van der Waals surface area contributed by atoms with Crippen molar-refractivity contribution in [3.63, 3.8) is 0 Å². The lowest BCUT2D eigenvalue weighted by Crippen LogP contribution is -2.34. The minimum absolute atomic E-state index is 0.542. The first-order valence-corrected chi connectivity index (χ1v) is 17.9.